The molecule has 0 saturated carbocycles. The Bertz CT molecular complexity index is 1420. The van der Waals surface area contributed by atoms with Crippen molar-refractivity contribution in [3.05, 3.63) is 75.8 Å². The number of phenolic OH excluding ortho intramolecular Hbond substituents is 1. The maximum absolute atomic E-state index is 13.3. The van der Waals surface area contributed by atoms with E-state index in [2.05, 4.69) is 25.6 Å². The number of thiazole rings is 1. The SMILES string of the molecule is COc1cnc(Cl)cc1-c1cc(C)ncc1C(=O)Nc1nc2c(s1)C[C@H](Nc1ccc(O)cc1)CC2. The number of carbonyl (C=O) groups is 1. The Balaban J connectivity index is 1.35. The molecular weight excluding hydrogens is 498 g/mol. The predicted molar refractivity (Wildman–Crippen MR) is 141 cm³/mol. The van der Waals surface area contributed by atoms with Crippen molar-refractivity contribution in [1.29, 1.82) is 0 Å². The first kappa shape index (κ1) is 24.0. The summed E-state index contributed by atoms with van der Waals surface area (Å²) in [6, 6.07) is 10.8. The molecule has 1 atom stereocenters. The van der Waals surface area contributed by atoms with E-state index in [1.54, 1.807) is 31.5 Å². The average molecular weight is 522 g/mol. The van der Waals surface area contributed by atoms with Crippen LogP contribution in [0.15, 0.2) is 48.8 Å². The lowest BCUT2D eigenvalue weighted by Crippen LogP contribution is -2.26. The number of anilines is 2. The number of nitrogens with zero attached hydrogens (tertiary/aromatic N) is 3. The van der Waals surface area contributed by atoms with Gasteiger partial charge in [0.15, 0.2) is 5.13 Å². The highest BCUT2D eigenvalue weighted by Gasteiger charge is 2.24. The van der Waals surface area contributed by atoms with Crippen LogP contribution in [-0.4, -0.2) is 39.1 Å². The first-order valence-corrected chi connectivity index (χ1v) is 12.6. The first-order chi connectivity index (χ1) is 17.4. The highest BCUT2D eigenvalue weighted by molar-refractivity contribution is 7.15. The monoisotopic (exact) mass is 521 g/mol. The van der Waals surface area contributed by atoms with E-state index >= 15 is 0 Å². The lowest BCUT2D eigenvalue weighted by molar-refractivity contribution is 0.102. The summed E-state index contributed by atoms with van der Waals surface area (Å²) in [5, 5.41) is 16.8. The largest absolute Gasteiger partial charge is 0.508 e. The number of methoxy groups -OCH3 is 1. The molecule has 3 heterocycles. The minimum Gasteiger partial charge on any atom is -0.508 e. The lowest BCUT2D eigenvalue weighted by Gasteiger charge is -2.23. The third-order valence-electron chi connectivity index (χ3n) is 6.03. The Morgan fingerprint density at radius 1 is 1.17 bits per heavy atom. The summed E-state index contributed by atoms with van der Waals surface area (Å²) in [7, 11) is 1.55. The molecule has 3 N–H and O–H groups in total. The van der Waals surface area contributed by atoms with Crippen LogP contribution in [0.1, 0.15) is 33.0 Å². The number of hydrogen-bond acceptors (Lipinski definition) is 8. The average Bonchev–Trinajstić information content (AvgIpc) is 3.26. The van der Waals surface area contributed by atoms with Crippen LogP contribution in [0, 0.1) is 6.92 Å². The Morgan fingerprint density at radius 2 is 1.97 bits per heavy atom. The number of aromatic nitrogens is 3. The van der Waals surface area contributed by atoms with E-state index < -0.39 is 0 Å². The number of ether oxygens (including phenoxy) is 1. The Morgan fingerprint density at radius 3 is 2.75 bits per heavy atom. The molecule has 0 bridgehead atoms. The van der Waals surface area contributed by atoms with E-state index in [9.17, 15) is 9.90 Å². The van der Waals surface area contributed by atoms with Crippen molar-refractivity contribution in [2.24, 2.45) is 0 Å². The second-order valence-corrected chi connectivity index (χ2v) is 10.0. The molecule has 3 aromatic heterocycles. The van der Waals surface area contributed by atoms with E-state index in [-0.39, 0.29) is 17.7 Å². The molecule has 1 aromatic carbocycles. The molecule has 36 heavy (non-hydrogen) atoms. The number of rotatable bonds is 6. The summed E-state index contributed by atoms with van der Waals surface area (Å²) in [6.45, 7) is 1.86. The zero-order valence-corrected chi connectivity index (χ0v) is 21.3. The standard InChI is InChI=1S/C26H24ClN5O3S/c1-14-9-18(19-11-24(27)29-13-22(19)35-2)20(12-28-14)25(34)32-26-31-21-8-5-16(10-23(21)36-26)30-15-3-6-17(33)7-4-15/h3-4,6-7,9,11-13,16,30,33H,5,8,10H2,1-2H3,(H,31,32,34)/t16-/m1/s1. The molecule has 1 aliphatic carbocycles. The molecule has 8 nitrogen and oxygen atoms in total. The van der Waals surface area contributed by atoms with Gasteiger partial charge in [0.05, 0.1) is 24.6 Å². The number of hydrogen-bond donors (Lipinski definition) is 3. The van der Waals surface area contributed by atoms with Crippen LogP contribution in [0.25, 0.3) is 11.1 Å². The maximum atomic E-state index is 13.3. The summed E-state index contributed by atoms with van der Waals surface area (Å²) in [6.07, 6.45) is 5.65. The maximum Gasteiger partial charge on any atom is 0.259 e. The number of amides is 1. The summed E-state index contributed by atoms with van der Waals surface area (Å²) >= 11 is 7.64. The molecule has 0 aliphatic heterocycles. The van der Waals surface area contributed by atoms with E-state index in [0.29, 0.717) is 32.7 Å². The molecule has 1 amide bonds. The van der Waals surface area contributed by atoms with E-state index in [4.69, 9.17) is 16.3 Å². The summed E-state index contributed by atoms with van der Waals surface area (Å²) in [5.41, 5.74) is 4.44. The van der Waals surface area contributed by atoms with E-state index in [0.717, 1.165) is 41.2 Å². The van der Waals surface area contributed by atoms with Gasteiger partial charge in [-0.25, -0.2) is 9.97 Å². The second kappa shape index (κ2) is 10.1. The van der Waals surface area contributed by atoms with Gasteiger partial charge in [-0.05, 0) is 56.2 Å². The van der Waals surface area contributed by atoms with Gasteiger partial charge < -0.3 is 15.2 Å². The van der Waals surface area contributed by atoms with Crippen LogP contribution >= 0.6 is 22.9 Å². The van der Waals surface area contributed by atoms with Crippen LogP contribution in [0.5, 0.6) is 11.5 Å². The van der Waals surface area contributed by atoms with Gasteiger partial charge in [0.1, 0.15) is 16.7 Å². The zero-order valence-electron chi connectivity index (χ0n) is 19.7. The molecule has 4 aromatic rings. The van der Waals surface area contributed by atoms with Gasteiger partial charge in [-0.15, -0.1) is 11.3 Å². The number of fused-ring (bicyclic) bond motifs is 1. The van der Waals surface area contributed by atoms with Gasteiger partial charge in [0, 0.05) is 46.0 Å². The molecule has 0 unspecified atom stereocenters. The molecule has 0 radical (unpaired) electrons. The van der Waals surface area contributed by atoms with Gasteiger partial charge in [-0.2, -0.15) is 0 Å². The quantitative estimate of drug-likeness (QED) is 0.227. The van der Waals surface area contributed by atoms with Crippen molar-refractivity contribution in [2.45, 2.75) is 32.2 Å². The van der Waals surface area contributed by atoms with Crippen LogP contribution < -0.4 is 15.4 Å². The Hall–Kier alpha value is -3.69. The number of phenols is 1. The molecule has 0 spiro atoms. The van der Waals surface area contributed by atoms with E-state index in [1.165, 1.54) is 17.5 Å². The number of aryl methyl sites for hydroxylation is 2. The Kier molecular flexibility index (Phi) is 6.75. The number of halogens is 1. The number of pyridine rings is 2. The second-order valence-electron chi connectivity index (χ2n) is 8.55. The van der Waals surface area contributed by atoms with Gasteiger partial charge in [-0.1, -0.05) is 11.6 Å². The fourth-order valence-corrected chi connectivity index (χ4v) is 5.50. The smallest absolute Gasteiger partial charge is 0.259 e. The zero-order chi connectivity index (χ0) is 25.2. The highest BCUT2D eigenvalue weighted by atomic mass is 35.5. The van der Waals surface area contributed by atoms with Gasteiger partial charge in [0.2, 0.25) is 0 Å². The van der Waals surface area contributed by atoms with Gasteiger partial charge in [-0.3, -0.25) is 15.1 Å². The van der Waals surface area contributed by atoms with Crippen LogP contribution in [-0.2, 0) is 12.8 Å². The van der Waals surface area contributed by atoms with Crippen molar-refractivity contribution in [1.82, 2.24) is 15.0 Å². The number of benzene rings is 1. The third-order valence-corrected chi connectivity index (χ3v) is 7.27. The fourth-order valence-electron chi connectivity index (χ4n) is 4.26. The van der Waals surface area contributed by atoms with Crippen LogP contribution in [0.4, 0.5) is 10.8 Å². The topological polar surface area (TPSA) is 109 Å². The number of aromatic hydroxyl groups is 1. The van der Waals surface area contributed by atoms with E-state index in [1.807, 2.05) is 25.1 Å². The van der Waals surface area contributed by atoms with Gasteiger partial charge in [0.25, 0.3) is 5.91 Å². The lowest BCUT2D eigenvalue weighted by atomic mass is 9.97. The molecule has 5 rings (SSSR count). The molecule has 10 heteroatoms. The molecule has 1 aliphatic rings. The van der Waals surface area contributed by atoms with Crippen LogP contribution in [0.2, 0.25) is 5.15 Å². The van der Waals surface area contributed by atoms with Crippen molar-refractivity contribution >= 4 is 39.7 Å². The molecule has 0 saturated heterocycles. The molecule has 184 valence electrons. The number of nitrogens with one attached hydrogen (secondary N) is 2. The molecular formula is C26H24ClN5O3S. The van der Waals surface area contributed by atoms with Crippen molar-refractivity contribution < 1.29 is 14.6 Å². The molecule has 0 fully saturated rings. The van der Waals surface area contributed by atoms with Crippen molar-refractivity contribution in [3.8, 4) is 22.6 Å². The number of carbonyl (C=O) groups excluding carboxylic acids is 1. The van der Waals surface area contributed by atoms with Crippen molar-refractivity contribution in [3.63, 3.8) is 0 Å². The summed E-state index contributed by atoms with van der Waals surface area (Å²) in [4.78, 5) is 27.6. The Labute approximate surface area is 217 Å². The summed E-state index contributed by atoms with van der Waals surface area (Å²) in [5.74, 6) is 0.444. The third kappa shape index (κ3) is 5.12. The predicted octanol–water partition coefficient (Wildman–Crippen LogP) is 5.50. The minimum absolute atomic E-state index is 0.242. The fraction of sp³-hybridized carbons (Fsp3) is 0.231. The van der Waals surface area contributed by atoms with Gasteiger partial charge >= 0.3 is 0 Å². The highest BCUT2D eigenvalue weighted by Crippen LogP contribution is 2.35. The van der Waals surface area contributed by atoms with Crippen LogP contribution in [0.3, 0.4) is 0 Å². The normalized spacial score (nSPS) is 14.7. The minimum atomic E-state index is -0.308. The first-order valence-electron chi connectivity index (χ1n) is 11.4. The summed E-state index contributed by atoms with van der Waals surface area (Å²) < 4.78 is 5.46. The van der Waals surface area contributed by atoms with Crippen molar-refractivity contribution in [2.75, 3.05) is 17.7 Å².